The first kappa shape index (κ1) is 25.3. The van der Waals surface area contributed by atoms with Crippen LogP contribution in [0.1, 0.15) is 35.4 Å². The number of rotatable bonds is 11. The zero-order valence-electron chi connectivity index (χ0n) is 19.3. The zero-order chi connectivity index (χ0) is 25.0. The van der Waals surface area contributed by atoms with Crippen LogP contribution in [-0.2, 0) is 16.1 Å². The highest BCUT2D eigenvalue weighted by Gasteiger charge is 2.27. The van der Waals surface area contributed by atoms with Crippen LogP contribution in [0.4, 0.5) is 4.79 Å². The van der Waals surface area contributed by atoms with Crippen molar-refractivity contribution >= 4 is 17.8 Å². The van der Waals surface area contributed by atoms with Gasteiger partial charge in [-0.25, -0.2) is 4.79 Å². The molecule has 0 saturated carbocycles. The van der Waals surface area contributed by atoms with Gasteiger partial charge in [0.25, 0.3) is 0 Å². The summed E-state index contributed by atoms with van der Waals surface area (Å²) in [5, 5.41) is 17.7. The molecule has 0 spiro atoms. The number of primary amides is 1. The Kier molecular flexibility index (Phi) is 9.24. The molecule has 8 nitrogen and oxygen atoms in total. The van der Waals surface area contributed by atoms with Gasteiger partial charge in [-0.15, -0.1) is 0 Å². The fourth-order valence-corrected chi connectivity index (χ4v) is 3.75. The van der Waals surface area contributed by atoms with E-state index in [4.69, 9.17) is 5.73 Å². The second-order valence-electron chi connectivity index (χ2n) is 8.13. The van der Waals surface area contributed by atoms with Crippen LogP contribution < -0.4 is 21.7 Å². The molecule has 0 aliphatic carbocycles. The van der Waals surface area contributed by atoms with Crippen molar-refractivity contribution in [1.82, 2.24) is 16.0 Å². The minimum absolute atomic E-state index is 0.139. The van der Waals surface area contributed by atoms with Crippen molar-refractivity contribution in [2.45, 2.75) is 31.3 Å². The number of phenols is 1. The van der Waals surface area contributed by atoms with E-state index in [1.54, 1.807) is 24.3 Å². The highest BCUT2D eigenvalue weighted by molar-refractivity contribution is 5.92. The first-order chi connectivity index (χ1) is 16.9. The van der Waals surface area contributed by atoms with E-state index in [0.717, 1.165) is 16.7 Å². The van der Waals surface area contributed by atoms with Gasteiger partial charge in [-0.1, -0.05) is 72.8 Å². The summed E-state index contributed by atoms with van der Waals surface area (Å²) in [6, 6.07) is 23.8. The largest absolute Gasteiger partial charge is 0.508 e. The number of carbonyl (C=O) groups excluding carboxylic acids is 3. The van der Waals surface area contributed by atoms with E-state index in [-0.39, 0.29) is 30.7 Å². The molecule has 0 aliphatic heterocycles. The van der Waals surface area contributed by atoms with Gasteiger partial charge in [0.1, 0.15) is 11.8 Å². The number of hydrogen-bond donors (Lipinski definition) is 5. The van der Waals surface area contributed by atoms with Crippen molar-refractivity contribution in [2.75, 3.05) is 6.54 Å². The van der Waals surface area contributed by atoms with Gasteiger partial charge in [0, 0.05) is 13.1 Å². The number of carbonyl (C=O) groups is 3. The Morgan fingerprint density at radius 3 is 1.89 bits per heavy atom. The monoisotopic (exact) mass is 474 g/mol. The SMILES string of the molecule is NC(=O)NCCCC(NC(=O)C(c1ccccc1)c1ccccc1)C(=O)NCc1ccc(O)cc1. The maximum atomic E-state index is 13.5. The second kappa shape index (κ2) is 12.8. The molecule has 35 heavy (non-hydrogen) atoms. The van der Waals surface area contributed by atoms with Crippen LogP contribution in [0.5, 0.6) is 5.75 Å². The van der Waals surface area contributed by atoms with Crippen LogP contribution in [0.15, 0.2) is 84.9 Å². The zero-order valence-corrected chi connectivity index (χ0v) is 19.3. The summed E-state index contributed by atoms with van der Waals surface area (Å²) >= 11 is 0. The van der Waals surface area contributed by atoms with E-state index < -0.39 is 18.0 Å². The average molecular weight is 475 g/mol. The lowest BCUT2D eigenvalue weighted by atomic mass is 9.90. The summed E-state index contributed by atoms with van der Waals surface area (Å²) < 4.78 is 0. The summed E-state index contributed by atoms with van der Waals surface area (Å²) in [4.78, 5) is 37.5. The van der Waals surface area contributed by atoms with Crippen molar-refractivity contribution in [3.05, 3.63) is 102 Å². The van der Waals surface area contributed by atoms with Crippen LogP contribution in [0.2, 0.25) is 0 Å². The molecule has 0 aliphatic rings. The van der Waals surface area contributed by atoms with Crippen molar-refractivity contribution < 1.29 is 19.5 Å². The topological polar surface area (TPSA) is 134 Å². The van der Waals surface area contributed by atoms with Gasteiger partial charge in [0.05, 0.1) is 5.92 Å². The average Bonchev–Trinajstić information content (AvgIpc) is 2.86. The highest BCUT2D eigenvalue weighted by Crippen LogP contribution is 2.25. The number of urea groups is 1. The number of nitrogens with two attached hydrogens (primary N) is 1. The quantitative estimate of drug-likeness (QED) is 0.273. The summed E-state index contributed by atoms with van der Waals surface area (Å²) in [6.07, 6.45) is 0.756. The maximum absolute atomic E-state index is 13.5. The predicted molar refractivity (Wildman–Crippen MR) is 133 cm³/mol. The minimum atomic E-state index is -0.816. The second-order valence-corrected chi connectivity index (χ2v) is 8.13. The molecule has 182 valence electrons. The summed E-state index contributed by atoms with van der Waals surface area (Å²) in [7, 11) is 0. The predicted octanol–water partition coefficient (Wildman–Crippen LogP) is 2.77. The Labute approximate surface area is 204 Å². The minimum Gasteiger partial charge on any atom is -0.508 e. The number of amides is 4. The molecule has 0 bridgehead atoms. The Hall–Kier alpha value is -4.33. The molecule has 6 N–H and O–H groups in total. The van der Waals surface area contributed by atoms with Gasteiger partial charge < -0.3 is 26.8 Å². The van der Waals surface area contributed by atoms with Crippen LogP contribution >= 0.6 is 0 Å². The smallest absolute Gasteiger partial charge is 0.312 e. The summed E-state index contributed by atoms with van der Waals surface area (Å²) in [6.45, 7) is 0.527. The van der Waals surface area contributed by atoms with Gasteiger partial charge in [-0.05, 0) is 41.7 Å². The molecule has 8 heteroatoms. The molecular weight excluding hydrogens is 444 g/mol. The van der Waals surface area contributed by atoms with Gasteiger partial charge >= 0.3 is 6.03 Å². The lowest BCUT2D eigenvalue weighted by Crippen LogP contribution is -2.48. The fraction of sp³-hybridized carbons (Fsp3) is 0.222. The Bertz CT molecular complexity index is 1070. The molecule has 0 fully saturated rings. The van der Waals surface area contributed by atoms with Crippen molar-refractivity contribution in [3.8, 4) is 5.75 Å². The highest BCUT2D eigenvalue weighted by atomic mass is 16.3. The van der Waals surface area contributed by atoms with Gasteiger partial charge in [-0.3, -0.25) is 9.59 Å². The molecule has 0 heterocycles. The van der Waals surface area contributed by atoms with E-state index in [1.165, 1.54) is 0 Å². The standard InChI is InChI=1S/C27H30N4O4/c28-27(35)29-17-7-12-23(25(33)30-18-19-13-15-22(32)16-14-19)31-26(34)24(20-8-3-1-4-9-20)21-10-5-2-6-11-21/h1-6,8-11,13-16,23-24,32H,7,12,17-18H2,(H,30,33)(H,31,34)(H3,28,29,35). The van der Waals surface area contributed by atoms with Gasteiger partial charge in [0.15, 0.2) is 0 Å². The van der Waals surface area contributed by atoms with E-state index in [9.17, 15) is 19.5 Å². The van der Waals surface area contributed by atoms with Gasteiger partial charge in [-0.2, -0.15) is 0 Å². The molecule has 0 saturated heterocycles. The molecule has 4 amide bonds. The Morgan fingerprint density at radius 1 is 0.771 bits per heavy atom. The first-order valence-corrected chi connectivity index (χ1v) is 11.4. The maximum Gasteiger partial charge on any atom is 0.312 e. The van der Waals surface area contributed by atoms with Crippen LogP contribution in [0.3, 0.4) is 0 Å². The number of benzene rings is 3. The normalized spacial score (nSPS) is 11.5. The molecular formula is C27H30N4O4. The molecule has 0 aromatic heterocycles. The van der Waals surface area contributed by atoms with E-state index in [2.05, 4.69) is 16.0 Å². The first-order valence-electron chi connectivity index (χ1n) is 11.4. The third kappa shape index (κ3) is 7.89. The number of phenolic OH excluding ortho intramolecular Hbond substituents is 1. The molecule has 3 rings (SSSR count). The van der Waals surface area contributed by atoms with Crippen molar-refractivity contribution in [2.24, 2.45) is 5.73 Å². The van der Waals surface area contributed by atoms with Crippen molar-refractivity contribution in [1.29, 1.82) is 0 Å². The third-order valence-electron chi connectivity index (χ3n) is 5.53. The summed E-state index contributed by atoms with van der Waals surface area (Å²) in [5.74, 6) is -1.09. The number of hydrogen-bond acceptors (Lipinski definition) is 4. The number of nitrogens with one attached hydrogen (secondary N) is 3. The van der Waals surface area contributed by atoms with Gasteiger partial charge in [0.2, 0.25) is 11.8 Å². The third-order valence-corrected chi connectivity index (χ3v) is 5.53. The molecule has 1 unspecified atom stereocenters. The lowest BCUT2D eigenvalue weighted by molar-refractivity contribution is -0.129. The van der Waals surface area contributed by atoms with Crippen LogP contribution in [0.25, 0.3) is 0 Å². The fourth-order valence-electron chi connectivity index (χ4n) is 3.75. The van der Waals surface area contributed by atoms with E-state index >= 15 is 0 Å². The van der Waals surface area contributed by atoms with Crippen molar-refractivity contribution in [3.63, 3.8) is 0 Å². The van der Waals surface area contributed by atoms with E-state index in [1.807, 2.05) is 60.7 Å². The Morgan fingerprint density at radius 2 is 1.34 bits per heavy atom. The molecule has 0 radical (unpaired) electrons. The number of aromatic hydroxyl groups is 1. The van der Waals surface area contributed by atoms with Crippen LogP contribution in [-0.4, -0.2) is 35.5 Å². The lowest BCUT2D eigenvalue weighted by Gasteiger charge is -2.23. The van der Waals surface area contributed by atoms with Crippen LogP contribution in [0, 0.1) is 0 Å². The molecule has 3 aromatic carbocycles. The van der Waals surface area contributed by atoms with E-state index in [0.29, 0.717) is 12.8 Å². The molecule has 3 aromatic rings. The summed E-state index contributed by atoms with van der Waals surface area (Å²) in [5.41, 5.74) is 7.56. The Balaban J connectivity index is 1.75. The molecule has 1 atom stereocenters.